The number of piperidine rings is 1. The van der Waals surface area contributed by atoms with Crippen molar-refractivity contribution in [2.45, 2.75) is 31.5 Å². The van der Waals surface area contributed by atoms with Gasteiger partial charge in [0, 0.05) is 32.3 Å². The van der Waals surface area contributed by atoms with Crippen molar-refractivity contribution in [1.82, 2.24) is 20.3 Å². The molecule has 1 unspecified atom stereocenters. The average Bonchev–Trinajstić information content (AvgIpc) is 3.04. The molecule has 2 saturated heterocycles. The molecule has 1 aromatic carbocycles. The molecule has 3 N–H and O–H groups in total. The summed E-state index contributed by atoms with van der Waals surface area (Å²) in [5.74, 6) is 0.757. The largest absolute Gasteiger partial charge is 0.417 e. The fourth-order valence-electron chi connectivity index (χ4n) is 4.32. The summed E-state index contributed by atoms with van der Waals surface area (Å²) in [6.45, 7) is 4.07. The lowest BCUT2D eigenvalue weighted by atomic mass is 10.1. The number of fused-ring (bicyclic) bond motifs is 1. The summed E-state index contributed by atoms with van der Waals surface area (Å²) in [7, 11) is 0. The van der Waals surface area contributed by atoms with Crippen LogP contribution in [0.15, 0.2) is 23.0 Å². The van der Waals surface area contributed by atoms with Gasteiger partial charge in [0.2, 0.25) is 5.95 Å². The summed E-state index contributed by atoms with van der Waals surface area (Å²) in [5.41, 5.74) is -0.831. The van der Waals surface area contributed by atoms with Crippen molar-refractivity contribution < 1.29 is 17.9 Å². The van der Waals surface area contributed by atoms with Gasteiger partial charge in [-0.3, -0.25) is 9.78 Å². The Balaban J connectivity index is 1.61. The van der Waals surface area contributed by atoms with Crippen LogP contribution in [-0.4, -0.2) is 60.4 Å². The van der Waals surface area contributed by atoms with E-state index in [2.05, 4.69) is 20.6 Å². The minimum absolute atomic E-state index is 0.00317. The van der Waals surface area contributed by atoms with Gasteiger partial charge < -0.3 is 20.3 Å². The van der Waals surface area contributed by atoms with Gasteiger partial charge in [-0.05, 0) is 37.9 Å². The van der Waals surface area contributed by atoms with Crippen LogP contribution >= 0.6 is 11.3 Å². The second-order valence-corrected chi connectivity index (χ2v) is 9.42. The highest BCUT2D eigenvalue weighted by Gasteiger charge is 2.34. The molecule has 0 aliphatic carbocycles. The molecule has 4 heterocycles. The van der Waals surface area contributed by atoms with Crippen molar-refractivity contribution in [3.8, 4) is 10.6 Å². The van der Waals surface area contributed by atoms with E-state index in [9.17, 15) is 18.0 Å². The molecule has 0 amide bonds. The van der Waals surface area contributed by atoms with Gasteiger partial charge in [0.25, 0.3) is 5.56 Å². The topological polar surface area (TPSA) is 95.2 Å². The van der Waals surface area contributed by atoms with Gasteiger partial charge in [0.05, 0.1) is 22.4 Å². The number of aromatic amines is 1. The van der Waals surface area contributed by atoms with Crippen molar-refractivity contribution in [3.63, 3.8) is 0 Å². The maximum Gasteiger partial charge on any atom is 0.417 e. The molecule has 3 aromatic rings. The zero-order chi connectivity index (χ0) is 23.7. The SMILES string of the molecule is O=c1[nH]c(N2CCCOCC2)nc(NC2CCCNC2)c1-c1nc2cccc(C(F)(F)F)c2s1. The quantitative estimate of drug-likeness (QED) is 0.511. The molecule has 8 nitrogen and oxygen atoms in total. The first-order valence-electron chi connectivity index (χ1n) is 11.3. The Labute approximate surface area is 197 Å². The number of ether oxygens (including phenoxy) is 1. The second-order valence-electron chi connectivity index (χ2n) is 8.42. The predicted octanol–water partition coefficient (Wildman–Crippen LogP) is 3.46. The highest BCUT2D eigenvalue weighted by atomic mass is 32.1. The molecule has 2 aliphatic heterocycles. The van der Waals surface area contributed by atoms with E-state index in [0.717, 1.165) is 43.2 Å². The smallest absolute Gasteiger partial charge is 0.380 e. The molecule has 182 valence electrons. The molecule has 12 heteroatoms. The number of halogens is 3. The van der Waals surface area contributed by atoms with Gasteiger partial charge in [0.15, 0.2) is 0 Å². The lowest BCUT2D eigenvalue weighted by Crippen LogP contribution is -2.39. The standard InChI is InChI=1S/C22H25F3N6O2S/c23-22(24,25)14-5-1-6-15-17(14)34-20(28-15)16-18(27-13-4-2-7-26-12-13)29-21(30-19(16)32)31-8-3-10-33-11-9-31/h1,5-6,13,26H,2-4,7-12H2,(H2,27,29,30,32). The summed E-state index contributed by atoms with van der Waals surface area (Å²) in [6, 6.07) is 3.93. The van der Waals surface area contributed by atoms with Gasteiger partial charge in [-0.2, -0.15) is 18.2 Å². The summed E-state index contributed by atoms with van der Waals surface area (Å²) in [4.78, 5) is 27.2. The molecule has 0 saturated carbocycles. The second kappa shape index (κ2) is 9.51. The molecular formula is C22H25F3N6O2S. The average molecular weight is 495 g/mol. The number of benzene rings is 1. The van der Waals surface area contributed by atoms with E-state index in [1.54, 1.807) is 0 Å². The van der Waals surface area contributed by atoms with Crippen LogP contribution < -0.4 is 21.1 Å². The zero-order valence-electron chi connectivity index (χ0n) is 18.4. The van der Waals surface area contributed by atoms with Crippen LogP contribution in [0.25, 0.3) is 20.8 Å². The first-order valence-corrected chi connectivity index (χ1v) is 12.1. The van der Waals surface area contributed by atoms with Crippen LogP contribution in [0.5, 0.6) is 0 Å². The van der Waals surface area contributed by atoms with E-state index < -0.39 is 17.3 Å². The maximum atomic E-state index is 13.6. The maximum absolute atomic E-state index is 13.6. The number of rotatable bonds is 4. The van der Waals surface area contributed by atoms with E-state index in [1.807, 2.05) is 4.90 Å². The first-order chi connectivity index (χ1) is 16.4. The highest BCUT2D eigenvalue weighted by molar-refractivity contribution is 7.21. The molecule has 2 aliphatic rings. The van der Waals surface area contributed by atoms with Gasteiger partial charge in [-0.25, -0.2) is 4.98 Å². The highest BCUT2D eigenvalue weighted by Crippen LogP contribution is 2.40. The predicted molar refractivity (Wildman–Crippen MR) is 126 cm³/mol. The van der Waals surface area contributed by atoms with E-state index in [4.69, 9.17) is 9.72 Å². The lowest BCUT2D eigenvalue weighted by Gasteiger charge is -2.26. The molecule has 1 atom stereocenters. The Morgan fingerprint density at radius 2 is 2.06 bits per heavy atom. The number of nitrogens with zero attached hydrogens (tertiary/aromatic N) is 3. The molecule has 0 bridgehead atoms. The third-order valence-electron chi connectivity index (χ3n) is 6.00. The number of alkyl halides is 3. The summed E-state index contributed by atoms with van der Waals surface area (Å²) < 4.78 is 46.2. The third-order valence-corrected chi connectivity index (χ3v) is 7.12. The van der Waals surface area contributed by atoms with Crippen molar-refractivity contribution in [1.29, 1.82) is 0 Å². The van der Waals surface area contributed by atoms with Crippen LogP contribution in [0.1, 0.15) is 24.8 Å². The lowest BCUT2D eigenvalue weighted by molar-refractivity contribution is -0.136. The van der Waals surface area contributed by atoms with Crippen LogP contribution in [0.2, 0.25) is 0 Å². The van der Waals surface area contributed by atoms with E-state index in [1.165, 1.54) is 12.1 Å². The fraction of sp³-hybridized carbons (Fsp3) is 0.500. The number of anilines is 2. The first kappa shape index (κ1) is 23.1. The summed E-state index contributed by atoms with van der Waals surface area (Å²) >= 11 is 0.859. The minimum Gasteiger partial charge on any atom is -0.380 e. The van der Waals surface area contributed by atoms with Crippen LogP contribution in [0.4, 0.5) is 24.9 Å². The zero-order valence-corrected chi connectivity index (χ0v) is 19.2. The van der Waals surface area contributed by atoms with Gasteiger partial charge in [-0.1, -0.05) is 6.07 Å². The van der Waals surface area contributed by atoms with E-state index >= 15 is 0 Å². The number of hydrogen-bond donors (Lipinski definition) is 3. The summed E-state index contributed by atoms with van der Waals surface area (Å²) in [6.07, 6.45) is -1.84. The van der Waals surface area contributed by atoms with Crippen molar-refractivity contribution in [3.05, 3.63) is 34.1 Å². The Hall–Kier alpha value is -2.70. The van der Waals surface area contributed by atoms with E-state index in [0.29, 0.717) is 44.6 Å². The summed E-state index contributed by atoms with van der Waals surface area (Å²) in [5, 5.41) is 6.89. The number of H-pyrrole nitrogens is 1. The molecule has 0 spiro atoms. The molecule has 2 fully saturated rings. The normalized spacial score (nSPS) is 19.9. The number of hydrogen-bond acceptors (Lipinski definition) is 8. The molecule has 0 radical (unpaired) electrons. The van der Waals surface area contributed by atoms with Crippen molar-refractivity contribution >= 4 is 33.3 Å². The van der Waals surface area contributed by atoms with Crippen LogP contribution in [0, 0.1) is 0 Å². The third kappa shape index (κ3) is 4.75. The van der Waals surface area contributed by atoms with E-state index in [-0.39, 0.29) is 26.8 Å². The van der Waals surface area contributed by atoms with Gasteiger partial charge in [0.1, 0.15) is 16.4 Å². The number of nitrogens with one attached hydrogen (secondary N) is 3. The van der Waals surface area contributed by atoms with Crippen molar-refractivity contribution in [2.24, 2.45) is 0 Å². The minimum atomic E-state index is -4.51. The van der Waals surface area contributed by atoms with Crippen molar-refractivity contribution in [2.75, 3.05) is 49.6 Å². The monoisotopic (exact) mass is 494 g/mol. The Bertz CT molecular complexity index is 1210. The Morgan fingerprint density at radius 3 is 2.85 bits per heavy atom. The fourth-order valence-corrected chi connectivity index (χ4v) is 5.46. The van der Waals surface area contributed by atoms with Crippen LogP contribution in [-0.2, 0) is 10.9 Å². The van der Waals surface area contributed by atoms with Gasteiger partial charge in [-0.15, -0.1) is 11.3 Å². The molecule has 34 heavy (non-hydrogen) atoms. The number of thiazole rings is 1. The molecular weight excluding hydrogens is 469 g/mol. The Kier molecular flexibility index (Phi) is 6.45. The van der Waals surface area contributed by atoms with Gasteiger partial charge >= 0.3 is 6.18 Å². The molecule has 2 aromatic heterocycles. The molecule has 5 rings (SSSR count). The number of aromatic nitrogens is 3. The van der Waals surface area contributed by atoms with Crippen LogP contribution in [0.3, 0.4) is 0 Å². The Morgan fingerprint density at radius 1 is 1.18 bits per heavy atom.